The van der Waals surface area contributed by atoms with Crippen molar-refractivity contribution in [2.75, 3.05) is 20.8 Å². The summed E-state index contributed by atoms with van der Waals surface area (Å²) < 4.78 is 9.77. The summed E-state index contributed by atoms with van der Waals surface area (Å²) in [5.41, 5.74) is -6.05. The van der Waals surface area contributed by atoms with Crippen LogP contribution in [-0.2, 0) is 4.74 Å². The fourth-order valence-corrected chi connectivity index (χ4v) is 5.56. The second kappa shape index (κ2) is 7.51. The predicted molar refractivity (Wildman–Crippen MR) is 110 cm³/mol. The van der Waals surface area contributed by atoms with Crippen LogP contribution in [0.4, 0.5) is 0 Å². The van der Waals surface area contributed by atoms with E-state index in [2.05, 4.69) is 4.74 Å². The van der Waals surface area contributed by atoms with Crippen LogP contribution in [0.25, 0.3) is 0 Å². The Morgan fingerprint density at radius 2 is 1.56 bits per heavy atom. The third-order valence-electron chi connectivity index (χ3n) is 7.14. The number of carbonyl (C=O) groups is 1. The number of carbonyl (C=O) groups excluding carboxylic acids is 1. The average Bonchev–Trinajstić information content (AvgIpc) is 2.83. The van der Waals surface area contributed by atoms with E-state index in [4.69, 9.17) is 4.74 Å². The minimum atomic E-state index is -2.38. The van der Waals surface area contributed by atoms with Gasteiger partial charge in [0.25, 0.3) is 0 Å². The number of hydrogen-bond acceptors (Lipinski definition) is 9. The van der Waals surface area contributed by atoms with Gasteiger partial charge in [-0.2, -0.15) is 0 Å². The second-order valence-electron chi connectivity index (χ2n) is 8.36. The molecule has 6 N–H and O–H groups in total. The molecule has 2 saturated carbocycles. The van der Waals surface area contributed by atoms with Crippen molar-refractivity contribution in [2.45, 2.75) is 40.8 Å². The molecule has 172 valence electrons. The molecule has 4 rings (SSSR count). The molecule has 0 amide bonds. The standard InChI is InChI=1S/C23H26O9/c1-31-15-9-7-13(8-10-15)18-21(28,16(25)11-24)23(30)17(19(26)22(18,23)29)12-3-5-14(6-4-12)20(27)32-2/h3-10,16-19,24-26,28-30H,11H2,1-2H3/t16-,17?,18?,19?,21+,22+,23+/m1/s1. The van der Waals surface area contributed by atoms with Crippen LogP contribution in [0.1, 0.15) is 33.3 Å². The summed E-state index contributed by atoms with van der Waals surface area (Å²) in [5, 5.41) is 65.5. The molecule has 2 fully saturated rings. The lowest BCUT2D eigenvalue weighted by Gasteiger charge is -2.80. The molecule has 0 spiro atoms. The van der Waals surface area contributed by atoms with Gasteiger partial charge in [0, 0.05) is 5.92 Å². The normalized spacial score (nSPS) is 36.3. The third kappa shape index (κ3) is 2.52. The number of esters is 1. The maximum absolute atomic E-state index is 11.7. The Bertz CT molecular complexity index is 1010. The zero-order valence-corrected chi connectivity index (χ0v) is 17.5. The van der Waals surface area contributed by atoms with Crippen molar-refractivity contribution in [3.05, 3.63) is 65.2 Å². The Morgan fingerprint density at radius 1 is 1.00 bits per heavy atom. The molecule has 9 heteroatoms. The van der Waals surface area contributed by atoms with Crippen molar-refractivity contribution in [1.29, 1.82) is 0 Å². The van der Waals surface area contributed by atoms with E-state index < -0.39 is 53.4 Å². The molecule has 0 aromatic heterocycles. The summed E-state index contributed by atoms with van der Waals surface area (Å²) in [6, 6.07) is 12.0. The van der Waals surface area contributed by atoms with Crippen molar-refractivity contribution in [1.82, 2.24) is 0 Å². The number of hydrogen-bond donors (Lipinski definition) is 6. The first-order chi connectivity index (χ1) is 15.1. The van der Waals surface area contributed by atoms with Crippen molar-refractivity contribution >= 4 is 5.97 Å². The van der Waals surface area contributed by atoms with E-state index in [9.17, 15) is 35.4 Å². The molecule has 7 atom stereocenters. The van der Waals surface area contributed by atoms with Crippen LogP contribution < -0.4 is 4.74 Å². The van der Waals surface area contributed by atoms with Gasteiger partial charge < -0.3 is 40.1 Å². The first-order valence-electron chi connectivity index (χ1n) is 10.1. The molecule has 0 aliphatic heterocycles. The minimum absolute atomic E-state index is 0.239. The molecule has 0 saturated heterocycles. The number of ether oxygens (including phenoxy) is 2. The fraction of sp³-hybridized carbons (Fsp3) is 0.435. The van der Waals surface area contributed by atoms with Crippen molar-refractivity contribution in [2.24, 2.45) is 0 Å². The molecule has 0 heterocycles. The Balaban J connectivity index is 1.77. The van der Waals surface area contributed by atoms with E-state index in [1.807, 2.05) is 0 Å². The van der Waals surface area contributed by atoms with Crippen LogP contribution in [0, 0.1) is 0 Å². The lowest BCUT2D eigenvalue weighted by atomic mass is 9.30. The van der Waals surface area contributed by atoms with Gasteiger partial charge in [0.1, 0.15) is 28.7 Å². The van der Waals surface area contributed by atoms with Crippen LogP contribution >= 0.6 is 0 Å². The molecule has 32 heavy (non-hydrogen) atoms. The Labute approximate surface area is 184 Å². The van der Waals surface area contributed by atoms with Gasteiger partial charge in [0.15, 0.2) is 0 Å². The zero-order valence-electron chi connectivity index (χ0n) is 17.5. The molecule has 2 aliphatic rings. The maximum atomic E-state index is 11.7. The van der Waals surface area contributed by atoms with E-state index in [0.717, 1.165) is 0 Å². The van der Waals surface area contributed by atoms with E-state index in [0.29, 0.717) is 16.9 Å². The third-order valence-corrected chi connectivity index (χ3v) is 7.14. The van der Waals surface area contributed by atoms with E-state index >= 15 is 0 Å². The predicted octanol–water partition coefficient (Wildman–Crippen LogP) is -0.716. The molecule has 2 aromatic rings. The Morgan fingerprint density at radius 3 is 2.06 bits per heavy atom. The van der Waals surface area contributed by atoms with E-state index in [1.165, 1.54) is 38.5 Å². The lowest BCUT2D eigenvalue weighted by molar-refractivity contribution is -0.459. The summed E-state index contributed by atoms with van der Waals surface area (Å²) in [6.07, 6.45) is -3.32. The average molecular weight is 446 g/mol. The number of rotatable bonds is 6. The molecule has 3 unspecified atom stereocenters. The van der Waals surface area contributed by atoms with Crippen LogP contribution in [0.3, 0.4) is 0 Å². The van der Waals surface area contributed by atoms with E-state index in [1.54, 1.807) is 24.3 Å². The fourth-order valence-electron chi connectivity index (χ4n) is 5.56. The van der Waals surface area contributed by atoms with Crippen LogP contribution in [0.2, 0.25) is 0 Å². The number of fused-ring (bicyclic) bond motifs is 1. The maximum Gasteiger partial charge on any atom is 0.337 e. The minimum Gasteiger partial charge on any atom is -0.497 e. The summed E-state index contributed by atoms with van der Waals surface area (Å²) in [4.78, 5) is 11.7. The molecular weight excluding hydrogens is 420 g/mol. The molecule has 0 bridgehead atoms. The number of aliphatic hydroxyl groups is 6. The van der Waals surface area contributed by atoms with Crippen molar-refractivity contribution < 1.29 is 44.9 Å². The van der Waals surface area contributed by atoms with Crippen LogP contribution in [-0.4, -0.2) is 86.4 Å². The smallest absolute Gasteiger partial charge is 0.337 e. The van der Waals surface area contributed by atoms with Crippen molar-refractivity contribution in [3.8, 4) is 5.75 Å². The highest BCUT2D eigenvalue weighted by Gasteiger charge is 2.93. The zero-order chi connectivity index (χ0) is 23.5. The number of benzene rings is 2. The molecule has 9 nitrogen and oxygen atoms in total. The topological polar surface area (TPSA) is 157 Å². The van der Waals surface area contributed by atoms with E-state index in [-0.39, 0.29) is 5.56 Å². The highest BCUT2D eigenvalue weighted by atomic mass is 16.5. The van der Waals surface area contributed by atoms with Gasteiger partial charge in [0.2, 0.25) is 0 Å². The summed E-state index contributed by atoms with van der Waals surface area (Å²) in [5.74, 6) is -2.55. The SMILES string of the molecule is COC(=O)c1ccc(C2C(O)[C@@]3(O)C(c4ccc(OC)cc4)[C@@](O)([C@H](O)CO)[C@@]23O)cc1. The van der Waals surface area contributed by atoms with Crippen molar-refractivity contribution in [3.63, 3.8) is 0 Å². The van der Waals surface area contributed by atoms with Gasteiger partial charge in [-0.1, -0.05) is 24.3 Å². The summed E-state index contributed by atoms with van der Waals surface area (Å²) in [7, 11) is 2.71. The van der Waals surface area contributed by atoms with Crippen LogP contribution in [0.5, 0.6) is 5.75 Å². The summed E-state index contributed by atoms with van der Waals surface area (Å²) in [6.45, 7) is -0.883. The highest BCUT2D eigenvalue weighted by Crippen LogP contribution is 2.75. The quantitative estimate of drug-likeness (QED) is 0.315. The van der Waals surface area contributed by atoms with Gasteiger partial charge in [-0.3, -0.25) is 0 Å². The number of aliphatic hydroxyl groups excluding tert-OH is 3. The Hall–Kier alpha value is -2.53. The summed E-state index contributed by atoms with van der Waals surface area (Å²) >= 11 is 0. The molecule has 0 radical (unpaired) electrons. The largest absolute Gasteiger partial charge is 0.497 e. The van der Waals surface area contributed by atoms with Gasteiger partial charge in [0.05, 0.1) is 38.4 Å². The highest BCUT2D eigenvalue weighted by molar-refractivity contribution is 5.89. The number of methoxy groups -OCH3 is 2. The second-order valence-corrected chi connectivity index (χ2v) is 8.36. The van der Waals surface area contributed by atoms with Gasteiger partial charge >= 0.3 is 5.97 Å². The Kier molecular flexibility index (Phi) is 5.32. The monoisotopic (exact) mass is 446 g/mol. The van der Waals surface area contributed by atoms with Gasteiger partial charge in [-0.25, -0.2) is 4.79 Å². The molecule has 2 aromatic carbocycles. The van der Waals surface area contributed by atoms with Gasteiger partial charge in [-0.05, 0) is 35.4 Å². The first-order valence-corrected chi connectivity index (χ1v) is 10.1. The lowest BCUT2D eigenvalue weighted by Crippen LogP contribution is -2.99. The molecule has 2 aliphatic carbocycles. The van der Waals surface area contributed by atoms with Crippen LogP contribution in [0.15, 0.2) is 48.5 Å². The van der Waals surface area contributed by atoms with Gasteiger partial charge in [-0.15, -0.1) is 0 Å². The first kappa shape index (κ1) is 22.7. The molecular formula is C23H26O9.